The number of amides is 1. The van der Waals surface area contributed by atoms with Crippen LogP contribution in [0, 0.1) is 28.6 Å². The zero-order valence-corrected chi connectivity index (χ0v) is 24.4. The van der Waals surface area contributed by atoms with Crippen molar-refractivity contribution in [1.29, 1.82) is 10.5 Å². The van der Waals surface area contributed by atoms with Gasteiger partial charge in [-0.3, -0.25) is 13.9 Å². The largest absolute Gasteiger partial charge is 0.368 e. The molecule has 212 valence electrons. The van der Waals surface area contributed by atoms with Crippen LogP contribution in [0.1, 0.15) is 55.7 Å². The minimum absolute atomic E-state index is 0.0426. The van der Waals surface area contributed by atoms with Crippen LogP contribution in [-0.2, 0) is 4.79 Å². The van der Waals surface area contributed by atoms with Gasteiger partial charge in [-0.25, -0.2) is 4.98 Å². The highest BCUT2D eigenvalue weighted by Gasteiger charge is 2.47. The van der Waals surface area contributed by atoms with Crippen LogP contribution in [0.5, 0.6) is 0 Å². The van der Waals surface area contributed by atoms with Gasteiger partial charge in [-0.15, -0.1) is 11.3 Å². The average Bonchev–Trinajstić information content (AvgIpc) is 3.63. The van der Waals surface area contributed by atoms with E-state index in [1.807, 2.05) is 12.1 Å². The summed E-state index contributed by atoms with van der Waals surface area (Å²) in [5, 5.41) is 22.7. The van der Waals surface area contributed by atoms with E-state index < -0.39 is 16.1 Å². The Labute approximate surface area is 246 Å². The van der Waals surface area contributed by atoms with Crippen LogP contribution >= 0.6 is 21.9 Å². The van der Waals surface area contributed by atoms with Gasteiger partial charge in [0.05, 0.1) is 39.8 Å². The van der Waals surface area contributed by atoms with Crippen molar-refractivity contribution in [1.82, 2.24) is 10.3 Å². The number of nitriles is 2. The molecule has 2 saturated carbocycles. The van der Waals surface area contributed by atoms with E-state index in [0.717, 1.165) is 58.1 Å². The van der Waals surface area contributed by atoms with Crippen molar-refractivity contribution >= 4 is 33.5 Å². The summed E-state index contributed by atoms with van der Waals surface area (Å²) in [6.45, 7) is 1.22. The molecule has 1 aromatic heterocycles. The quantitative estimate of drug-likeness (QED) is 0.305. The van der Waals surface area contributed by atoms with E-state index in [1.54, 1.807) is 23.5 Å². The van der Waals surface area contributed by atoms with Crippen LogP contribution in [0.25, 0.3) is 21.0 Å². The molecule has 2 heterocycles. The predicted molar refractivity (Wildman–Crippen MR) is 163 cm³/mol. The minimum Gasteiger partial charge on any atom is -0.368 e. The standard InChI is InChI=1S/C31H33N5O3S2/c32-19-21-5-7-23(8-6-21)30-34-27(25-3-1-2-4-26(25)29(37)35-31(20-33)13-14-31)28(40-30)22-9-11-24(12-10-22)36-15-17-41(38,39)18-16-36/h5-12,25-26,38-39H,1-4,13-18H2,(H,35,37)/t25-,26-/m1/s1. The summed E-state index contributed by atoms with van der Waals surface area (Å²) in [6, 6.07) is 20.2. The van der Waals surface area contributed by atoms with E-state index in [0.29, 0.717) is 43.0 Å². The van der Waals surface area contributed by atoms with Gasteiger partial charge in [-0.05, 0) is 55.5 Å². The van der Waals surface area contributed by atoms with Crippen molar-refractivity contribution in [2.24, 2.45) is 5.92 Å². The number of carbonyl (C=O) groups excluding carboxylic acids is 1. The highest BCUT2D eigenvalue weighted by Crippen LogP contribution is 2.47. The summed E-state index contributed by atoms with van der Waals surface area (Å²) in [4.78, 5) is 21.9. The highest BCUT2D eigenvalue weighted by molar-refractivity contribution is 8.24. The SMILES string of the molecule is N#Cc1ccc(-c2nc([C@@H]3CCCC[C@H]3C(=O)NC3(C#N)CC3)c(-c3ccc(N4CCS(O)(O)CC4)cc3)s2)cc1. The lowest BCUT2D eigenvalue weighted by Crippen LogP contribution is -2.42. The normalized spacial score (nSPS) is 23.6. The third kappa shape index (κ3) is 5.84. The first-order valence-corrected chi connectivity index (χ1v) is 16.8. The summed E-state index contributed by atoms with van der Waals surface area (Å²) >= 11 is 1.60. The van der Waals surface area contributed by atoms with E-state index in [1.165, 1.54) is 0 Å². The molecule has 3 aliphatic rings. The smallest absolute Gasteiger partial charge is 0.225 e. The van der Waals surface area contributed by atoms with Gasteiger partial charge in [-0.1, -0.05) is 37.1 Å². The molecule has 2 aromatic carbocycles. The fraction of sp³-hybridized carbons (Fsp3) is 0.419. The average molecular weight is 588 g/mol. The first-order valence-electron chi connectivity index (χ1n) is 14.1. The van der Waals surface area contributed by atoms with E-state index in [2.05, 4.69) is 46.6 Å². The molecular formula is C31H33N5O3S2. The van der Waals surface area contributed by atoms with E-state index >= 15 is 0 Å². The Kier molecular flexibility index (Phi) is 7.52. The van der Waals surface area contributed by atoms with Gasteiger partial charge in [0.2, 0.25) is 5.91 Å². The maximum Gasteiger partial charge on any atom is 0.225 e. The van der Waals surface area contributed by atoms with Crippen molar-refractivity contribution < 1.29 is 13.9 Å². The molecule has 3 fully saturated rings. The number of rotatable bonds is 6. The number of carbonyl (C=O) groups is 1. The Bertz CT molecular complexity index is 1510. The number of thiazole rings is 1. The number of nitrogens with zero attached hydrogens (tertiary/aromatic N) is 4. The topological polar surface area (TPSA) is 133 Å². The number of hydrogen-bond donors (Lipinski definition) is 3. The van der Waals surface area contributed by atoms with Crippen LogP contribution in [0.4, 0.5) is 5.69 Å². The summed E-state index contributed by atoms with van der Waals surface area (Å²) in [7, 11) is -2.46. The Morgan fingerprint density at radius 3 is 2.29 bits per heavy atom. The number of aromatic nitrogens is 1. The molecule has 41 heavy (non-hydrogen) atoms. The van der Waals surface area contributed by atoms with Crippen molar-refractivity contribution in [3.05, 3.63) is 59.8 Å². The first-order chi connectivity index (χ1) is 19.8. The molecule has 3 aromatic rings. The summed E-state index contributed by atoms with van der Waals surface area (Å²) in [5.74, 6) is 0.444. The van der Waals surface area contributed by atoms with Gasteiger partial charge >= 0.3 is 0 Å². The molecule has 0 bridgehead atoms. The van der Waals surface area contributed by atoms with Gasteiger partial charge < -0.3 is 10.2 Å². The van der Waals surface area contributed by atoms with Crippen LogP contribution in [0.3, 0.4) is 0 Å². The number of nitrogens with one attached hydrogen (secondary N) is 1. The zero-order valence-electron chi connectivity index (χ0n) is 22.8. The zero-order chi connectivity index (χ0) is 28.6. The van der Waals surface area contributed by atoms with Gasteiger partial charge in [0.15, 0.2) is 0 Å². The van der Waals surface area contributed by atoms with Crippen LogP contribution in [0.15, 0.2) is 48.5 Å². The third-order valence-corrected chi connectivity index (χ3v) is 11.4. The second-order valence-electron chi connectivity index (χ2n) is 11.3. The van der Waals surface area contributed by atoms with Crippen molar-refractivity contribution in [3.63, 3.8) is 0 Å². The Hall–Kier alpha value is -3.41. The molecule has 2 aliphatic carbocycles. The van der Waals surface area contributed by atoms with Crippen molar-refractivity contribution in [3.8, 4) is 33.2 Å². The fourth-order valence-corrected chi connectivity index (χ4v) is 8.28. The van der Waals surface area contributed by atoms with Crippen molar-refractivity contribution in [2.45, 2.75) is 50.0 Å². The molecule has 1 amide bonds. The molecular weight excluding hydrogens is 555 g/mol. The van der Waals surface area contributed by atoms with Gasteiger partial charge in [0.25, 0.3) is 0 Å². The maximum absolute atomic E-state index is 13.5. The Morgan fingerprint density at radius 1 is 1.00 bits per heavy atom. The summed E-state index contributed by atoms with van der Waals surface area (Å²) in [6.07, 6.45) is 5.05. The van der Waals surface area contributed by atoms with Crippen LogP contribution < -0.4 is 10.2 Å². The molecule has 6 rings (SSSR count). The lowest BCUT2D eigenvalue weighted by molar-refractivity contribution is -0.127. The molecule has 8 nitrogen and oxygen atoms in total. The molecule has 1 saturated heterocycles. The molecule has 1 aliphatic heterocycles. The van der Waals surface area contributed by atoms with E-state index in [-0.39, 0.29) is 17.7 Å². The number of benzene rings is 2. The third-order valence-electron chi connectivity index (χ3n) is 8.57. The Balaban J connectivity index is 1.34. The van der Waals surface area contributed by atoms with Gasteiger partial charge in [-0.2, -0.15) is 21.1 Å². The van der Waals surface area contributed by atoms with E-state index in [4.69, 9.17) is 4.98 Å². The fourth-order valence-electron chi connectivity index (χ4n) is 5.90. The van der Waals surface area contributed by atoms with Gasteiger partial charge in [0.1, 0.15) is 10.5 Å². The molecule has 3 N–H and O–H groups in total. The molecule has 0 radical (unpaired) electrons. The Morgan fingerprint density at radius 2 is 1.66 bits per heavy atom. The van der Waals surface area contributed by atoms with Crippen LogP contribution in [-0.4, -0.2) is 50.1 Å². The molecule has 0 spiro atoms. The van der Waals surface area contributed by atoms with Gasteiger partial charge in [0, 0.05) is 36.2 Å². The second kappa shape index (κ2) is 11.1. The lowest BCUT2D eigenvalue weighted by Gasteiger charge is -2.41. The predicted octanol–water partition coefficient (Wildman–Crippen LogP) is 6.37. The number of hydrogen-bond acceptors (Lipinski definition) is 8. The first kappa shape index (κ1) is 27.7. The van der Waals surface area contributed by atoms with Crippen LogP contribution in [0.2, 0.25) is 0 Å². The summed E-state index contributed by atoms with van der Waals surface area (Å²) < 4.78 is 20.0. The monoisotopic (exact) mass is 587 g/mol. The molecule has 0 unspecified atom stereocenters. The lowest BCUT2D eigenvalue weighted by atomic mass is 9.76. The van der Waals surface area contributed by atoms with Crippen molar-refractivity contribution in [2.75, 3.05) is 29.5 Å². The highest BCUT2D eigenvalue weighted by atomic mass is 32.3. The summed E-state index contributed by atoms with van der Waals surface area (Å²) in [5.41, 5.74) is 3.83. The second-order valence-corrected chi connectivity index (χ2v) is 14.8. The number of anilines is 1. The van der Waals surface area contributed by atoms with E-state index in [9.17, 15) is 24.4 Å². The maximum atomic E-state index is 13.5. The minimum atomic E-state index is -2.46. The molecule has 2 atom stereocenters. The molecule has 10 heteroatoms.